The fraction of sp³-hybridized carbons (Fsp3) is 0.267. The van der Waals surface area contributed by atoms with E-state index in [9.17, 15) is 9.59 Å². The highest BCUT2D eigenvalue weighted by molar-refractivity contribution is 9.10. The second kappa shape index (κ2) is 12.1. The molecule has 9 heteroatoms. The number of carbonyl (C=O) groups excluding carboxylic acids is 1. The number of benzene rings is 3. The van der Waals surface area contributed by atoms with E-state index in [0.29, 0.717) is 38.8 Å². The molecule has 39 heavy (non-hydrogen) atoms. The van der Waals surface area contributed by atoms with Gasteiger partial charge in [0.25, 0.3) is 11.5 Å². The van der Waals surface area contributed by atoms with Gasteiger partial charge in [-0.25, -0.2) is 4.98 Å². The number of aromatic nitrogens is 2. The average molecular weight is 608 g/mol. The molecule has 0 atom stereocenters. The van der Waals surface area contributed by atoms with Gasteiger partial charge in [-0.3, -0.25) is 9.59 Å². The van der Waals surface area contributed by atoms with E-state index < -0.39 is 0 Å². The summed E-state index contributed by atoms with van der Waals surface area (Å²) in [5.41, 5.74) is 2.76. The number of rotatable bonds is 7. The van der Waals surface area contributed by atoms with E-state index in [0.717, 1.165) is 35.7 Å². The van der Waals surface area contributed by atoms with Crippen LogP contribution in [0.25, 0.3) is 10.9 Å². The average Bonchev–Trinajstić information content (AvgIpc) is 2.94. The topological polar surface area (TPSA) is 85.6 Å². The smallest absolute Gasteiger partial charge is 0.282 e. The van der Waals surface area contributed by atoms with Gasteiger partial charge in [0, 0.05) is 26.7 Å². The van der Waals surface area contributed by atoms with Crippen molar-refractivity contribution < 1.29 is 9.53 Å². The quantitative estimate of drug-likeness (QED) is 0.228. The van der Waals surface area contributed by atoms with Crippen LogP contribution in [-0.4, -0.2) is 28.4 Å². The monoisotopic (exact) mass is 606 g/mol. The number of hydrogen-bond acceptors (Lipinski definition) is 5. The highest BCUT2D eigenvalue weighted by Crippen LogP contribution is 2.32. The number of fused-ring (bicyclic) bond motifs is 1. The van der Waals surface area contributed by atoms with Crippen LogP contribution in [0, 0.1) is 6.92 Å². The summed E-state index contributed by atoms with van der Waals surface area (Å²) in [5, 5.41) is 8.38. The molecule has 0 spiro atoms. The molecule has 0 radical (unpaired) electrons. The first-order chi connectivity index (χ1) is 18.9. The van der Waals surface area contributed by atoms with Crippen LogP contribution in [0.4, 0.5) is 5.69 Å². The maximum atomic E-state index is 13.6. The van der Waals surface area contributed by atoms with Gasteiger partial charge in [0.2, 0.25) is 0 Å². The number of anilines is 1. The van der Waals surface area contributed by atoms with E-state index in [1.807, 2.05) is 43.3 Å². The summed E-state index contributed by atoms with van der Waals surface area (Å²) in [7, 11) is 0. The number of aryl methyl sites for hydroxylation is 1. The number of nitrogens with one attached hydrogen (secondary N) is 1. The van der Waals surface area contributed by atoms with E-state index in [-0.39, 0.29) is 24.0 Å². The summed E-state index contributed by atoms with van der Waals surface area (Å²) >= 11 is 9.73. The van der Waals surface area contributed by atoms with Crippen molar-refractivity contribution in [2.24, 2.45) is 5.10 Å². The van der Waals surface area contributed by atoms with Gasteiger partial charge in [0.15, 0.2) is 6.61 Å². The van der Waals surface area contributed by atoms with Gasteiger partial charge in [-0.2, -0.15) is 9.78 Å². The minimum Gasteiger partial charge on any atom is -0.483 e. The van der Waals surface area contributed by atoms with Crippen molar-refractivity contribution >= 4 is 56.2 Å². The predicted molar refractivity (Wildman–Crippen MR) is 159 cm³/mol. The molecule has 1 N–H and O–H groups in total. The standard InChI is InChI=1S/C30H28BrClN4O3/c1-19-7-11-24(12-8-19)34-28(37)18-39-27-14-10-23(32)15-21(27)17-33-36-29(20-5-3-2-4-6-20)35-26-13-9-22(31)16-25(26)30(36)38/h7-17,20H,2-6,18H2,1H3,(H,34,37). The molecule has 1 aliphatic carbocycles. The van der Waals surface area contributed by atoms with E-state index in [4.69, 9.17) is 21.3 Å². The Labute approximate surface area is 240 Å². The molecule has 0 saturated heterocycles. The Hall–Kier alpha value is -3.49. The summed E-state index contributed by atoms with van der Waals surface area (Å²) in [6.07, 6.45) is 6.85. The third-order valence-corrected chi connectivity index (χ3v) is 7.51. The SMILES string of the molecule is Cc1ccc(NC(=O)COc2ccc(Cl)cc2C=Nn2c(C3CCCCC3)nc3ccc(Br)cc3c2=O)cc1. The molecule has 3 aromatic carbocycles. The van der Waals surface area contributed by atoms with Gasteiger partial charge in [0.05, 0.1) is 17.1 Å². The minimum atomic E-state index is -0.295. The second-order valence-corrected chi connectivity index (χ2v) is 11.1. The molecule has 1 aliphatic rings. The predicted octanol–water partition coefficient (Wildman–Crippen LogP) is 7.07. The fourth-order valence-electron chi connectivity index (χ4n) is 4.75. The Bertz CT molecular complexity index is 1590. The highest BCUT2D eigenvalue weighted by atomic mass is 79.9. The molecule has 5 rings (SSSR count). The number of halogens is 2. The lowest BCUT2D eigenvalue weighted by Crippen LogP contribution is -2.25. The van der Waals surface area contributed by atoms with Gasteiger partial charge in [-0.15, -0.1) is 0 Å². The van der Waals surface area contributed by atoms with Crippen molar-refractivity contribution in [3.8, 4) is 5.75 Å². The lowest BCUT2D eigenvalue weighted by Gasteiger charge is -2.22. The molecular weight excluding hydrogens is 580 g/mol. The molecule has 1 aromatic heterocycles. The van der Waals surface area contributed by atoms with Crippen LogP contribution in [0.1, 0.15) is 55.0 Å². The molecule has 1 saturated carbocycles. The largest absolute Gasteiger partial charge is 0.483 e. The maximum Gasteiger partial charge on any atom is 0.282 e. The summed E-state index contributed by atoms with van der Waals surface area (Å²) in [6, 6.07) is 18.1. The zero-order chi connectivity index (χ0) is 27.4. The van der Waals surface area contributed by atoms with E-state index in [1.165, 1.54) is 17.3 Å². The molecule has 7 nitrogen and oxygen atoms in total. The third-order valence-electron chi connectivity index (χ3n) is 6.78. The Morgan fingerprint density at radius 1 is 1.13 bits per heavy atom. The van der Waals surface area contributed by atoms with Crippen molar-refractivity contribution in [1.82, 2.24) is 9.66 Å². The van der Waals surface area contributed by atoms with Gasteiger partial charge in [0.1, 0.15) is 11.6 Å². The maximum absolute atomic E-state index is 13.6. The molecular formula is C30H28BrClN4O3. The number of amides is 1. The first-order valence-corrected chi connectivity index (χ1v) is 14.1. The van der Waals surface area contributed by atoms with Crippen LogP contribution in [0.3, 0.4) is 0 Å². The van der Waals surface area contributed by atoms with Gasteiger partial charge in [-0.05, 0) is 68.3 Å². The molecule has 4 aromatic rings. The first-order valence-electron chi connectivity index (χ1n) is 12.9. The van der Waals surface area contributed by atoms with Crippen LogP contribution in [-0.2, 0) is 4.79 Å². The Morgan fingerprint density at radius 2 is 1.90 bits per heavy atom. The number of ether oxygens (including phenoxy) is 1. The fourth-order valence-corrected chi connectivity index (χ4v) is 5.29. The molecule has 1 amide bonds. The van der Waals surface area contributed by atoms with Gasteiger partial charge in [-0.1, -0.05) is 64.5 Å². The van der Waals surface area contributed by atoms with Crippen molar-refractivity contribution in [3.05, 3.63) is 97.5 Å². The Morgan fingerprint density at radius 3 is 2.67 bits per heavy atom. The Balaban J connectivity index is 1.44. The number of hydrogen-bond donors (Lipinski definition) is 1. The molecule has 0 aliphatic heterocycles. The number of nitrogens with zero attached hydrogens (tertiary/aromatic N) is 3. The zero-order valence-electron chi connectivity index (χ0n) is 21.5. The van der Waals surface area contributed by atoms with E-state index >= 15 is 0 Å². The molecule has 1 fully saturated rings. The third kappa shape index (κ3) is 6.57. The lowest BCUT2D eigenvalue weighted by atomic mass is 9.88. The highest BCUT2D eigenvalue weighted by Gasteiger charge is 2.22. The molecule has 200 valence electrons. The normalized spacial score (nSPS) is 14.1. The summed E-state index contributed by atoms with van der Waals surface area (Å²) in [6.45, 7) is 1.78. The van der Waals surface area contributed by atoms with Gasteiger partial charge < -0.3 is 10.1 Å². The second-order valence-electron chi connectivity index (χ2n) is 9.71. The number of carbonyl (C=O) groups is 1. The summed E-state index contributed by atoms with van der Waals surface area (Å²) in [5.74, 6) is 0.938. The molecule has 0 unspecified atom stereocenters. The Kier molecular flexibility index (Phi) is 8.43. The minimum absolute atomic E-state index is 0.150. The van der Waals surface area contributed by atoms with Crippen LogP contribution in [0.5, 0.6) is 5.75 Å². The first kappa shape index (κ1) is 27.1. The van der Waals surface area contributed by atoms with Crippen LogP contribution < -0.4 is 15.6 Å². The van der Waals surface area contributed by atoms with E-state index in [1.54, 1.807) is 24.3 Å². The molecule has 0 bridgehead atoms. The van der Waals surface area contributed by atoms with Crippen LogP contribution in [0.15, 0.2) is 75.0 Å². The van der Waals surface area contributed by atoms with Crippen molar-refractivity contribution in [2.45, 2.75) is 44.9 Å². The van der Waals surface area contributed by atoms with Crippen LogP contribution >= 0.6 is 27.5 Å². The summed E-state index contributed by atoms with van der Waals surface area (Å²) < 4.78 is 8.03. The van der Waals surface area contributed by atoms with Crippen molar-refractivity contribution in [2.75, 3.05) is 11.9 Å². The molecule has 1 heterocycles. The van der Waals surface area contributed by atoms with Crippen molar-refractivity contribution in [3.63, 3.8) is 0 Å². The van der Waals surface area contributed by atoms with Gasteiger partial charge >= 0.3 is 0 Å². The van der Waals surface area contributed by atoms with Crippen LogP contribution in [0.2, 0.25) is 5.02 Å². The lowest BCUT2D eigenvalue weighted by molar-refractivity contribution is -0.118. The summed E-state index contributed by atoms with van der Waals surface area (Å²) in [4.78, 5) is 31.0. The van der Waals surface area contributed by atoms with E-state index in [2.05, 4.69) is 26.3 Å². The van der Waals surface area contributed by atoms with Crippen molar-refractivity contribution in [1.29, 1.82) is 0 Å². The zero-order valence-corrected chi connectivity index (χ0v) is 23.8.